The largest absolute Gasteiger partial charge is 0.398 e. The molecule has 0 radical (unpaired) electrons. The van der Waals surface area contributed by atoms with E-state index in [9.17, 15) is 0 Å². The van der Waals surface area contributed by atoms with Gasteiger partial charge in [-0.15, -0.1) is 0 Å². The topological polar surface area (TPSA) is 29.3 Å². The Labute approximate surface area is 115 Å². The van der Waals surface area contributed by atoms with Crippen molar-refractivity contribution in [2.45, 2.75) is 26.3 Å². The van der Waals surface area contributed by atoms with Crippen LogP contribution in [0.25, 0.3) is 10.8 Å². The fourth-order valence-electron chi connectivity index (χ4n) is 2.65. The number of hydrogen-bond donors (Lipinski definition) is 1. The number of hydrogen-bond acceptors (Lipinski definition) is 2. The zero-order chi connectivity index (χ0) is 13.2. The minimum atomic E-state index is 0.924. The van der Waals surface area contributed by atoms with Gasteiger partial charge in [0.05, 0.1) is 0 Å². The number of nitrogens with zero attached hydrogens (tertiary/aromatic N) is 1. The first-order chi connectivity index (χ1) is 9.26. The maximum atomic E-state index is 6.21. The highest BCUT2D eigenvalue weighted by atomic mass is 15.1. The van der Waals surface area contributed by atoms with Gasteiger partial charge in [0, 0.05) is 18.8 Å². The molecule has 0 bridgehead atoms. The molecule has 2 heteroatoms. The van der Waals surface area contributed by atoms with Gasteiger partial charge in [0.25, 0.3) is 0 Å². The predicted molar refractivity (Wildman–Crippen MR) is 82.0 cm³/mol. The summed E-state index contributed by atoms with van der Waals surface area (Å²) >= 11 is 0. The van der Waals surface area contributed by atoms with E-state index in [1.165, 1.54) is 35.7 Å². The summed E-state index contributed by atoms with van der Waals surface area (Å²) in [6.07, 6.45) is 2.81. The van der Waals surface area contributed by atoms with Crippen LogP contribution in [0.2, 0.25) is 0 Å². The molecule has 0 spiro atoms. The third kappa shape index (κ3) is 2.90. The number of rotatable bonds is 5. The molecule has 0 atom stereocenters. The monoisotopic (exact) mass is 254 g/mol. The van der Waals surface area contributed by atoms with Crippen LogP contribution in [0.3, 0.4) is 0 Å². The van der Waals surface area contributed by atoms with E-state index in [0.29, 0.717) is 0 Å². The molecule has 0 unspecified atom stereocenters. The molecule has 2 aromatic carbocycles. The van der Waals surface area contributed by atoms with Crippen LogP contribution in [-0.4, -0.2) is 18.0 Å². The van der Waals surface area contributed by atoms with Gasteiger partial charge < -0.3 is 5.73 Å². The Morgan fingerprint density at radius 2 is 1.84 bits per heavy atom. The molecule has 1 fully saturated rings. The van der Waals surface area contributed by atoms with Gasteiger partial charge in [0.1, 0.15) is 0 Å². The van der Waals surface area contributed by atoms with Crippen molar-refractivity contribution in [3.8, 4) is 0 Å². The summed E-state index contributed by atoms with van der Waals surface area (Å²) in [4.78, 5) is 2.51. The van der Waals surface area contributed by atoms with E-state index in [1.54, 1.807) is 0 Å². The van der Waals surface area contributed by atoms with Gasteiger partial charge in [-0.3, -0.25) is 4.90 Å². The standard InChI is InChI=1S/C17H22N2/c1-2-19(11-13-7-8-13)12-16-9-14-5-3-4-6-15(14)10-17(16)18/h3-6,9-10,13H,2,7-8,11-12,18H2,1H3. The van der Waals surface area contributed by atoms with Crippen LogP contribution in [0.5, 0.6) is 0 Å². The van der Waals surface area contributed by atoms with E-state index < -0.39 is 0 Å². The molecule has 3 rings (SSSR count). The first-order valence-corrected chi connectivity index (χ1v) is 7.25. The van der Waals surface area contributed by atoms with Crippen molar-refractivity contribution in [1.29, 1.82) is 0 Å². The second kappa shape index (κ2) is 5.22. The van der Waals surface area contributed by atoms with E-state index in [1.807, 2.05) is 0 Å². The molecule has 0 heterocycles. The van der Waals surface area contributed by atoms with E-state index in [4.69, 9.17) is 5.73 Å². The fraction of sp³-hybridized carbons (Fsp3) is 0.412. The Morgan fingerprint density at radius 1 is 1.16 bits per heavy atom. The maximum absolute atomic E-state index is 6.21. The zero-order valence-corrected chi connectivity index (χ0v) is 11.6. The zero-order valence-electron chi connectivity index (χ0n) is 11.6. The van der Waals surface area contributed by atoms with E-state index in [2.05, 4.69) is 48.2 Å². The molecule has 0 amide bonds. The highest BCUT2D eigenvalue weighted by Gasteiger charge is 2.23. The maximum Gasteiger partial charge on any atom is 0.0366 e. The van der Waals surface area contributed by atoms with Gasteiger partial charge in [-0.05, 0) is 53.8 Å². The van der Waals surface area contributed by atoms with Crippen LogP contribution >= 0.6 is 0 Å². The van der Waals surface area contributed by atoms with Crippen molar-refractivity contribution in [3.63, 3.8) is 0 Å². The van der Waals surface area contributed by atoms with Crippen LogP contribution in [0, 0.1) is 5.92 Å². The van der Waals surface area contributed by atoms with E-state index in [-0.39, 0.29) is 0 Å². The summed E-state index contributed by atoms with van der Waals surface area (Å²) in [5, 5.41) is 2.52. The second-order valence-electron chi connectivity index (χ2n) is 5.67. The first kappa shape index (κ1) is 12.5. The number of fused-ring (bicyclic) bond motifs is 1. The quantitative estimate of drug-likeness (QED) is 0.825. The Morgan fingerprint density at radius 3 is 2.47 bits per heavy atom. The molecule has 2 nitrogen and oxygen atoms in total. The van der Waals surface area contributed by atoms with Gasteiger partial charge in [-0.1, -0.05) is 31.2 Å². The lowest BCUT2D eigenvalue weighted by Crippen LogP contribution is -2.25. The molecule has 0 aromatic heterocycles. The molecule has 0 saturated heterocycles. The number of nitrogens with two attached hydrogens (primary N) is 1. The van der Waals surface area contributed by atoms with E-state index >= 15 is 0 Å². The summed E-state index contributed by atoms with van der Waals surface area (Å²) in [5.74, 6) is 0.932. The van der Waals surface area contributed by atoms with Crippen molar-refractivity contribution in [2.24, 2.45) is 5.92 Å². The second-order valence-corrected chi connectivity index (χ2v) is 5.67. The smallest absolute Gasteiger partial charge is 0.0366 e. The Kier molecular flexibility index (Phi) is 3.43. The predicted octanol–water partition coefficient (Wildman–Crippen LogP) is 3.65. The van der Waals surface area contributed by atoms with Gasteiger partial charge in [0.2, 0.25) is 0 Å². The molecule has 1 aliphatic rings. The minimum absolute atomic E-state index is 0.924. The summed E-state index contributed by atoms with van der Waals surface area (Å²) < 4.78 is 0. The average Bonchev–Trinajstić information content (AvgIpc) is 3.22. The number of nitrogen functional groups attached to an aromatic ring is 1. The van der Waals surface area contributed by atoms with Gasteiger partial charge in [-0.2, -0.15) is 0 Å². The molecule has 2 N–H and O–H groups in total. The average molecular weight is 254 g/mol. The Hall–Kier alpha value is -1.54. The van der Waals surface area contributed by atoms with Crippen LogP contribution < -0.4 is 5.73 Å². The summed E-state index contributed by atoms with van der Waals surface area (Å²) in [6, 6.07) is 12.8. The van der Waals surface area contributed by atoms with Crippen molar-refractivity contribution >= 4 is 16.5 Å². The van der Waals surface area contributed by atoms with Crippen molar-refractivity contribution < 1.29 is 0 Å². The minimum Gasteiger partial charge on any atom is -0.398 e. The van der Waals surface area contributed by atoms with Crippen molar-refractivity contribution in [1.82, 2.24) is 4.90 Å². The first-order valence-electron chi connectivity index (χ1n) is 7.25. The molecule has 1 saturated carbocycles. The van der Waals surface area contributed by atoms with Crippen LogP contribution in [0.4, 0.5) is 5.69 Å². The highest BCUT2D eigenvalue weighted by molar-refractivity contribution is 5.86. The lowest BCUT2D eigenvalue weighted by molar-refractivity contribution is 0.269. The van der Waals surface area contributed by atoms with Gasteiger partial charge in [0.15, 0.2) is 0 Å². The Balaban J connectivity index is 1.84. The molecular formula is C17H22N2. The van der Waals surface area contributed by atoms with Crippen molar-refractivity contribution in [2.75, 3.05) is 18.8 Å². The van der Waals surface area contributed by atoms with Crippen molar-refractivity contribution in [3.05, 3.63) is 42.0 Å². The molecule has 2 aromatic rings. The summed E-state index contributed by atoms with van der Waals surface area (Å²) in [5.41, 5.74) is 8.40. The molecule has 100 valence electrons. The van der Waals surface area contributed by atoms with Crippen LogP contribution in [0.15, 0.2) is 36.4 Å². The van der Waals surface area contributed by atoms with Gasteiger partial charge in [-0.25, -0.2) is 0 Å². The van der Waals surface area contributed by atoms with E-state index in [0.717, 1.165) is 24.7 Å². The fourth-order valence-corrected chi connectivity index (χ4v) is 2.65. The third-order valence-electron chi connectivity index (χ3n) is 4.06. The Bertz CT molecular complexity index is 572. The summed E-state index contributed by atoms with van der Waals surface area (Å²) in [7, 11) is 0. The summed E-state index contributed by atoms with van der Waals surface area (Å²) in [6.45, 7) is 5.54. The number of benzene rings is 2. The number of anilines is 1. The highest BCUT2D eigenvalue weighted by Crippen LogP contribution is 2.31. The van der Waals surface area contributed by atoms with Crippen LogP contribution in [-0.2, 0) is 6.54 Å². The molecular weight excluding hydrogens is 232 g/mol. The molecule has 1 aliphatic carbocycles. The lowest BCUT2D eigenvalue weighted by atomic mass is 10.0. The normalized spacial score (nSPS) is 15.3. The van der Waals surface area contributed by atoms with Gasteiger partial charge >= 0.3 is 0 Å². The lowest BCUT2D eigenvalue weighted by Gasteiger charge is -2.21. The molecule has 19 heavy (non-hydrogen) atoms. The third-order valence-corrected chi connectivity index (χ3v) is 4.06. The molecule has 0 aliphatic heterocycles. The SMILES string of the molecule is CCN(Cc1cc2ccccc2cc1N)CC1CC1. The van der Waals surface area contributed by atoms with Crippen LogP contribution in [0.1, 0.15) is 25.3 Å².